The van der Waals surface area contributed by atoms with Crippen molar-refractivity contribution < 1.29 is 28.3 Å². The Bertz CT molecular complexity index is 1290. The van der Waals surface area contributed by atoms with Gasteiger partial charge >= 0.3 is 0 Å². The Morgan fingerprint density at radius 2 is 1.54 bits per heavy atom. The number of aliphatic hydroxyl groups is 1. The van der Waals surface area contributed by atoms with E-state index in [9.17, 15) is 28.3 Å². The summed E-state index contributed by atoms with van der Waals surface area (Å²) in [6.45, 7) is 1.37. The molecule has 180 valence electrons. The number of amides is 3. The first-order chi connectivity index (χ1) is 16.7. The SMILES string of the molecule is C[C@H](NC(=O)[C@H](O)c1cc(F)cc(F)c1)C(=O)NC1C(=O)N(C)c2ccccc2-c2ccccc21. The van der Waals surface area contributed by atoms with Crippen molar-refractivity contribution in [3.05, 3.63) is 89.5 Å². The van der Waals surface area contributed by atoms with E-state index in [0.29, 0.717) is 17.3 Å². The van der Waals surface area contributed by atoms with Crippen LogP contribution in [0.2, 0.25) is 0 Å². The number of carbonyl (C=O) groups excluding carboxylic acids is 3. The number of carbonyl (C=O) groups is 3. The monoisotopic (exact) mass is 479 g/mol. The minimum absolute atomic E-state index is 0.292. The van der Waals surface area contributed by atoms with Gasteiger partial charge in [0.15, 0.2) is 6.10 Å². The van der Waals surface area contributed by atoms with Gasteiger partial charge in [0, 0.05) is 18.7 Å². The number of anilines is 1. The number of hydrogen-bond acceptors (Lipinski definition) is 4. The molecule has 0 spiro atoms. The first-order valence-electron chi connectivity index (χ1n) is 10.9. The number of hydrogen-bond donors (Lipinski definition) is 3. The normalized spacial score (nSPS) is 16.4. The zero-order valence-corrected chi connectivity index (χ0v) is 19.0. The predicted octanol–water partition coefficient (Wildman–Crippen LogP) is 3.00. The average molecular weight is 479 g/mol. The van der Waals surface area contributed by atoms with Crippen molar-refractivity contribution >= 4 is 23.4 Å². The smallest absolute Gasteiger partial charge is 0.254 e. The molecule has 0 radical (unpaired) electrons. The molecule has 1 unspecified atom stereocenters. The maximum Gasteiger partial charge on any atom is 0.254 e. The number of halogens is 2. The van der Waals surface area contributed by atoms with Crippen molar-refractivity contribution in [2.45, 2.75) is 25.1 Å². The van der Waals surface area contributed by atoms with E-state index in [2.05, 4.69) is 10.6 Å². The zero-order chi connectivity index (χ0) is 25.3. The molecule has 0 fully saturated rings. The second-order valence-electron chi connectivity index (χ2n) is 8.28. The minimum atomic E-state index is -1.89. The second-order valence-corrected chi connectivity index (χ2v) is 8.28. The molecule has 9 heteroatoms. The number of fused-ring (bicyclic) bond motifs is 3. The van der Waals surface area contributed by atoms with Crippen LogP contribution in [0.5, 0.6) is 0 Å². The van der Waals surface area contributed by atoms with Crippen molar-refractivity contribution in [1.29, 1.82) is 0 Å². The van der Waals surface area contributed by atoms with E-state index in [1.54, 1.807) is 19.2 Å². The van der Waals surface area contributed by atoms with Crippen molar-refractivity contribution in [3.63, 3.8) is 0 Å². The lowest BCUT2D eigenvalue weighted by Crippen LogP contribution is -2.49. The third kappa shape index (κ3) is 4.76. The van der Waals surface area contributed by atoms with Gasteiger partial charge in [-0.25, -0.2) is 8.78 Å². The zero-order valence-electron chi connectivity index (χ0n) is 19.0. The maximum atomic E-state index is 13.4. The molecule has 0 saturated heterocycles. The first kappa shape index (κ1) is 24.0. The quantitative estimate of drug-likeness (QED) is 0.524. The molecule has 3 atom stereocenters. The van der Waals surface area contributed by atoms with Crippen molar-refractivity contribution in [2.24, 2.45) is 0 Å². The Balaban J connectivity index is 1.54. The molecule has 1 aliphatic heterocycles. The molecule has 1 heterocycles. The van der Waals surface area contributed by atoms with E-state index in [1.807, 2.05) is 36.4 Å². The lowest BCUT2D eigenvalue weighted by Gasteiger charge is -2.24. The maximum absolute atomic E-state index is 13.4. The van der Waals surface area contributed by atoms with Gasteiger partial charge in [0.1, 0.15) is 23.7 Å². The third-order valence-electron chi connectivity index (χ3n) is 5.89. The average Bonchev–Trinajstić information content (AvgIpc) is 2.92. The van der Waals surface area contributed by atoms with E-state index in [4.69, 9.17) is 0 Å². The summed E-state index contributed by atoms with van der Waals surface area (Å²) in [6, 6.07) is 14.7. The van der Waals surface area contributed by atoms with Crippen LogP contribution >= 0.6 is 0 Å². The van der Waals surface area contributed by atoms with Crippen LogP contribution in [0.4, 0.5) is 14.5 Å². The van der Waals surface area contributed by atoms with Crippen molar-refractivity contribution in [1.82, 2.24) is 10.6 Å². The van der Waals surface area contributed by atoms with Crippen molar-refractivity contribution in [3.8, 4) is 11.1 Å². The Kier molecular flexibility index (Phi) is 6.61. The highest BCUT2D eigenvalue weighted by Crippen LogP contribution is 2.39. The van der Waals surface area contributed by atoms with Gasteiger partial charge in [0.05, 0.1) is 5.69 Å². The van der Waals surface area contributed by atoms with Gasteiger partial charge in [0.2, 0.25) is 5.91 Å². The fourth-order valence-corrected chi connectivity index (χ4v) is 4.08. The topological polar surface area (TPSA) is 98.7 Å². The number of likely N-dealkylation sites (N-methyl/N-ethyl adjacent to an activating group) is 1. The molecular formula is C26H23F2N3O4. The van der Waals surface area contributed by atoms with E-state index < -0.39 is 41.6 Å². The summed E-state index contributed by atoms with van der Waals surface area (Å²) in [4.78, 5) is 40.2. The van der Waals surface area contributed by atoms with E-state index in [0.717, 1.165) is 23.3 Å². The summed E-state index contributed by atoms with van der Waals surface area (Å²) in [5, 5.41) is 15.2. The van der Waals surface area contributed by atoms with Crippen LogP contribution in [0.25, 0.3) is 11.1 Å². The number of aliphatic hydroxyl groups excluding tert-OH is 1. The number of nitrogens with zero attached hydrogens (tertiary/aromatic N) is 1. The lowest BCUT2D eigenvalue weighted by atomic mass is 9.95. The Labute approximate surface area is 200 Å². The fraction of sp³-hybridized carbons (Fsp3) is 0.192. The highest BCUT2D eigenvalue weighted by molar-refractivity contribution is 6.06. The van der Waals surface area contributed by atoms with Gasteiger partial charge in [-0.2, -0.15) is 0 Å². The molecule has 0 bridgehead atoms. The summed E-state index contributed by atoms with van der Waals surface area (Å²) in [5.74, 6) is -3.97. The first-order valence-corrected chi connectivity index (χ1v) is 10.9. The van der Waals surface area contributed by atoms with Gasteiger partial charge in [-0.15, -0.1) is 0 Å². The largest absolute Gasteiger partial charge is 0.378 e. The Hall–Kier alpha value is -4.11. The molecule has 3 aromatic rings. The van der Waals surface area contributed by atoms with Crippen LogP contribution in [0.1, 0.15) is 30.2 Å². The van der Waals surface area contributed by atoms with E-state index in [1.165, 1.54) is 11.8 Å². The highest BCUT2D eigenvalue weighted by atomic mass is 19.1. The fourth-order valence-electron chi connectivity index (χ4n) is 4.08. The number of rotatable bonds is 5. The third-order valence-corrected chi connectivity index (χ3v) is 5.89. The molecule has 1 aliphatic rings. The second kappa shape index (κ2) is 9.63. The van der Waals surface area contributed by atoms with Crippen LogP contribution in [-0.2, 0) is 14.4 Å². The molecule has 0 aromatic heterocycles. The summed E-state index contributed by atoms with van der Waals surface area (Å²) >= 11 is 0. The molecule has 0 aliphatic carbocycles. The summed E-state index contributed by atoms with van der Waals surface area (Å²) < 4.78 is 26.9. The van der Waals surface area contributed by atoms with Gasteiger partial charge in [-0.3, -0.25) is 14.4 Å². The molecular weight excluding hydrogens is 456 g/mol. The number of benzene rings is 3. The van der Waals surface area contributed by atoms with Crippen molar-refractivity contribution in [2.75, 3.05) is 11.9 Å². The Morgan fingerprint density at radius 3 is 2.23 bits per heavy atom. The summed E-state index contributed by atoms with van der Waals surface area (Å²) in [6.07, 6.45) is -1.89. The molecule has 3 amide bonds. The van der Waals surface area contributed by atoms with Gasteiger partial charge in [0.25, 0.3) is 11.8 Å². The van der Waals surface area contributed by atoms with E-state index in [-0.39, 0.29) is 11.5 Å². The van der Waals surface area contributed by atoms with Gasteiger partial charge in [-0.05, 0) is 41.8 Å². The number of para-hydroxylation sites is 1. The predicted molar refractivity (Wildman–Crippen MR) is 125 cm³/mol. The molecule has 3 aromatic carbocycles. The van der Waals surface area contributed by atoms with Crippen LogP contribution in [0, 0.1) is 11.6 Å². The Morgan fingerprint density at radius 1 is 0.943 bits per heavy atom. The van der Waals surface area contributed by atoms with Crippen LogP contribution in [0.3, 0.4) is 0 Å². The molecule has 35 heavy (non-hydrogen) atoms. The molecule has 7 nitrogen and oxygen atoms in total. The molecule has 0 saturated carbocycles. The van der Waals surface area contributed by atoms with Gasteiger partial charge in [-0.1, -0.05) is 42.5 Å². The van der Waals surface area contributed by atoms with E-state index >= 15 is 0 Å². The van der Waals surface area contributed by atoms with Crippen LogP contribution in [0.15, 0.2) is 66.7 Å². The molecule has 4 rings (SSSR count). The van der Waals surface area contributed by atoms with Crippen LogP contribution in [-0.4, -0.2) is 35.9 Å². The highest BCUT2D eigenvalue weighted by Gasteiger charge is 2.34. The summed E-state index contributed by atoms with van der Waals surface area (Å²) in [7, 11) is 1.62. The molecule has 3 N–H and O–H groups in total. The summed E-state index contributed by atoms with van der Waals surface area (Å²) in [5.41, 5.74) is 2.61. The van der Waals surface area contributed by atoms with Crippen LogP contribution < -0.4 is 15.5 Å². The minimum Gasteiger partial charge on any atom is -0.378 e. The number of nitrogens with one attached hydrogen (secondary N) is 2. The van der Waals surface area contributed by atoms with Gasteiger partial charge < -0.3 is 20.6 Å². The standard InChI is InChI=1S/C26H23F2N3O4/c1-14(29-25(34)23(32)15-11-16(27)13-17(28)12-15)24(33)30-22-20-9-4-3-7-18(20)19-8-5-6-10-21(19)31(2)26(22)35/h3-14,22-23,32H,1-2H3,(H,29,34)(H,30,33)/t14-,22?,23+/m0/s1. The lowest BCUT2D eigenvalue weighted by molar-refractivity contribution is -0.134.